The summed E-state index contributed by atoms with van der Waals surface area (Å²) in [5.74, 6) is 0.979. The number of rotatable bonds is 3. The molecule has 4 rings (SSSR count). The number of nitrogens with zero attached hydrogens (tertiary/aromatic N) is 3. The fourth-order valence-corrected chi connectivity index (χ4v) is 4.74. The number of benzene rings is 1. The number of hydrogen-bond acceptors (Lipinski definition) is 3. The summed E-state index contributed by atoms with van der Waals surface area (Å²) in [5.41, 5.74) is 3.89. The second-order valence-corrected chi connectivity index (χ2v) is 7.95. The number of aryl methyl sites for hydroxylation is 2. The van der Waals surface area contributed by atoms with Crippen molar-refractivity contribution in [3.05, 3.63) is 53.3 Å². The Morgan fingerprint density at radius 2 is 2.08 bits per heavy atom. The summed E-state index contributed by atoms with van der Waals surface area (Å²) in [6.45, 7) is 6.81. The van der Waals surface area contributed by atoms with Gasteiger partial charge in [0.25, 0.3) is 0 Å². The van der Waals surface area contributed by atoms with Crippen LogP contribution in [0, 0.1) is 12.8 Å². The van der Waals surface area contributed by atoms with Gasteiger partial charge in [-0.3, -0.25) is 9.48 Å². The molecule has 0 spiro atoms. The molecular formula is C21H28N4O. The van der Waals surface area contributed by atoms with Crippen LogP contribution in [-0.4, -0.2) is 46.3 Å². The van der Waals surface area contributed by atoms with E-state index in [0.717, 1.165) is 31.6 Å². The third-order valence-electron chi connectivity index (χ3n) is 6.17. The Morgan fingerprint density at radius 3 is 2.81 bits per heavy atom. The molecule has 5 heteroatoms. The first-order valence-corrected chi connectivity index (χ1v) is 9.60. The predicted molar refractivity (Wildman–Crippen MR) is 102 cm³/mol. The van der Waals surface area contributed by atoms with E-state index in [2.05, 4.69) is 53.4 Å². The average Bonchev–Trinajstić information content (AvgIpc) is 3.34. The van der Waals surface area contributed by atoms with Gasteiger partial charge in [0.15, 0.2) is 0 Å². The lowest BCUT2D eigenvalue weighted by Gasteiger charge is -2.27. The molecule has 2 aromatic rings. The highest BCUT2D eigenvalue weighted by atomic mass is 16.2. The van der Waals surface area contributed by atoms with E-state index in [-0.39, 0.29) is 11.8 Å². The lowest BCUT2D eigenvalue weighted by Crippen LogP contribution is -2.40. The predicted octanol–water partition coefficient (Wildman–Crippen LogP) is 2.44. The first-order valence-electron chi connectivity index (χ1n) is 9.60. The minimum absolute atomic E-state index is 0.0114. The molecule has 2 aliphatic heterocycles. The standard InChI is InChI=1S/C21H28N4O/c1-14-6-4-5-7-18(14)16-8-15(2)25(13-16)21(26)20-11-22-10-19(20)17-9-23-24(3)12-17/h4-7,9,12,15-16,19-20,22H,8,10-11,13H2,1-3H3/t15?,16?,19-,20+/m1/s1. The van der Waals surface area contributed by atoms with Crippen molar-refractivity contribution in [2.45, 2.75) is 38.1 Å². The van der Waals surface area contributed by atoms with E-state index >= 15 is 0 Å². The van der Waals surface area contributed by atoms with E-state index in [9.17, 15) is 4.79 Å². The van der Waals surface area contributed by atoms with Crippen LogP contribution in [-0.2, 0) is 11.8 Å². The molecule has 4 atom stereocenters. The maximum absolute atomic E-state index is 13.4. The minimum Gasteiger partial charge on any atom is -0.339 e. The van der Waals surface area contributed by atoms with Crippen molar-refractivity contribution in [2.24, 2.45) is 13.0 Å². The van der Waals surface area contributed by atoms with E-state index in [1.54, 1.807) is 0 Å². The fraction of sp³-hybridized carbons (Fsp3) is 0.524. The maximum Gasteiger partial charge on any atom is 0.227 e. The summed E-state index contributed by atoms with van der Waals surface area (Å²) in [6.07, 6.45) is 5.00. The van der Waals surface area contributed by atoms with Gasteiger partial charge in [-0.1, -0.05) is 24.3 Å². The molecule has 3 heterocycles. The summed E-state index contributed by atoms with van der Waals surface area (Å²) >= 11 is 0. The Kier molecular flexibility index (Phi) is 4.57. The fourth-order valence-electron chi connectivity index (χ4n) is 4.74. The van der Waals surface area contributed by atoms with Crippen LogP contribution < -0.4 is 5.32 Å². The first-order chi connectivity index (χ1) is 12.5. The molecular weight excluding hydrogens is 324 g/mol. The van der Waals surface area contributed by atoms with Gasteiger partial charge in [0.1, 0.15) is 0 Å². The van der Waals surface area contributed by atoms with Gasteiger partial charge in [0, 0.05) is 50.8 Å². The van der Waals surface area contributed by atoms with Gasteiger partial charge in [0.05, 0.1) is 12.1 Å². The Labute approximate surface area is 155 Å². The van der Waals surface area contributed by atoms with Crippen molar-refractivity contribution in [1.29, 1.82) is 0 Å². The van der Waals surface area contributed by atoms with Crippen LogP contribution in [0.1, 0.15) is 41.9 Å². The normalized spacial score (nSPS) is 28.7. The molecule has 1 amide bonds. The zero-order valence-electron chi connectivity index (χ0n) is 15.9. The molecule has 2 fully saturated rings. The lowest BCUT2D eigenvalue weighted by atomic mass is 9.89. The lowest BCUT2D eigenvalue weighted by molar-refractivity contribution is -0.135. The zero-order valence-corrected chi connectivity index (χ0v) is 15.9. The molecule has 1 N–H and O–H groups in total. The quantitative estimate of drug-likeness (QED) is 0.923. The Hall–Kier alpha value is -2.14. The third-order valence-corrected chi connectivity index (χ3v) is 6.17. The van der Waals surface area contributed by atoms with Crippen LogP contribution in [0.2, 0.25) is 0 Å². The van der Waals surface area contributed by atoms with Crippen LogP contribution in [0.15, 0.2) is 36.7 Å². The molecule has 1 aromatic carbocycles. The molecule has 2 unspecified atom stereocenters. The molecule has 1 aromatic heterocycles. The summed E-state index contributed by atoms with van der Waals surface area (Å²) in [4.78, 5) is 15.5. The number of carbonyl (C=O) groups excluding carboxylic acids is 1. The smallest absolute Gasteiger partial charge is 0.227 e. The van der Waals surface area contributed by atoms with Gasteiger partial charge in [-0.25, -0.2) is 0 Å². The van der Waals surface area contributed by atoms with Gasteiger partial charge in [-0.15, -0.1) is 0 Å². The number of nitrogens with one attached hydrogen (secondary N) is 1. The van der Waals surface area contributed by atoms with Crippen molar-refractivity contribution in [3.8, 4) is 0 Å². The van der Waals surface area contributed by atoms with Crippen molar-refractivity contribution < 1.29 is 4.79 Å². The second kappa shape index (κ2) is 6.88. The maximum atomic E-state index is 13.4. The Balaban J connectivity index is 1.52. The van der Waals surface area contributed by atoms with Crippen molar-refractivity contribution in [3.63, 3.8) is 0 Å². The molecule has 0 bridgehead atoms. The Morgan fingerprint density at radius 1 is 1.27 bits per heavy atom. The highest BCUT2D eigenvalue weighted by molar-refractivity contribution is 5.81. The van der Waals surface area contributed by atoms with Gasteiger partial charge in [-0.05, 0) is 37.0 Å². The van der Waals surface area contributed by atoms with Crippen LogP contribution >= 0.6 is 0 Å². The second-order valence-electron chi connectivity index (χ2n) is 7.95. The minimum atomic E-state index is 0.0114. The van der Waals surface area contributed by atoms with E-state index in [1.807, 2.05) is 24.1 Å². The zero-order chi connectivity index (χ0) is 18.3. The number of hydrogen-bond donors (Lipinski definition) is 1. The summed E-state index contributed by atoms with van der Waals surface area (Å²) in [6, 6.07) is 8.88. The molecule has 0 aliphatic carbocycles. The monoisotopic (exact) mass is 352 g/mol. The largest absolute Gasteiger partial charge is 0.339 e. The molecule has 0 saturated carbocycles. The summed E-state index contributed by atoms with van der Waals surface area (Å²) < 4.78 is 1.82. The summed E-state index contributed by atoms with van der Waals surface area (Å²) in [5, 5.41) is 7.71. The van der Waals surface area contributed by atoms with E-state index < -0.39 is 0 Å². The number of carbonyl (C=O) groups is 1. The summed E-state index contributed by atoms with van der Waals surface area (Å²) in [7, 11) is 1.93. The highest BCUT2D eigenvalue weighted by Crippen LogP contribution is 2.36. The molecule has 5 nitrogen and oxygen atoms in total. The van der Waals surface area contributed by atoms with Crippen molar-refractivity contribution >= 4 is 5.91 Å². The van der Waals surface area contributed by atoms with Crippen LogP contribution in [0.5, 0.6) is 0 Å². The highest BCUT2D eigenvalue weighted by Gasteiger charge is 2.41. The molecule has 0 radical (unpaired) electrons. The van der Waals surface area contributed by atoms with Crippen LogP contribution in [0.4, 0.5) is 0 Å². The third kappa shape index (κ3) is 3.05. The van der Waals surface area contributed by atoms with Gasteiger partial charge >= 0.3 is 0 Å². The van der Waals surface area contributed by atoms with Gasteiger partial charge in [-0.2, -0.15) is 5.10 Å². The van der Waals surface area contributed by atoms with E-state index in [4.69, 9.17) is 0 Å². The van der Waals surface area contributed by atoms with Crippen LogP contribution in [0.3, 0.4) is 0 Å². The number of amides is 1. The number of likely N-dealkylation sites (tertiary alicyclic amines) is 1. The Bertz CT molecular complexity index is 799. The van der Waals surface area contributed by atoms with Crippen molar-refractivity contribution in [2.75, 3.05) is 19.6 Å². The molecule has 2 aliphatic rings. The SMILES string of the molecule is Cc1ccccc1C1CC(C)N(C(=O)[C@H]2CNC[C@@H]2c2cnn(C)c2)C1. The van der Waals surface area contributed by atoms with Crippen LogP contribution in [0.25, 0.3) is 0 Å². The first kappa shape index (κ1) is 17.3. The molecule has 2 saturated heterocycles. The molecule has 138 valence electrons. The van der Waals surface area contributed by atoms with E-state index in [1.165, 1.54) is 11.1 Å². The molecule has 26 heavy (non-hydrogen) atoms. The van der Waals surface area contributed by atoms with Gasteiger partial charge in [0.2, 0.25) is 5.91 Å². The average molecular weight is 352 g/mol. The number of aromatic nitrogens is 2. The van der Waals surface area contributed by atoms with Crippen molar-refractivity contribution in [1.82, 2.24) is 20.0 Å². The topological polar surface area (TPSA) is 50.2 Å². The van der Waals surface area contributed by atoms with Gasteiger partial charge < -0.3 is 10.2 Å². The van der Waals surface area contributed by atoms with E-state index in [0.29, 0.717) is 17.9 Å².